The van der Waals surface area contributed by atoms with Gasteiger partial charge in [-0.1, -0.05) is 5.16 Å². The van der Waals surface area contributed by atoms with E-state index in [-0.39, 0.29) is 24.2 Å². The van der Waals surface area contributed by atoms with Crippen LogP contribution in [0.25, 0.3) is 0 Å². The highest BCUT2D eigenvalue weighted by Gasteiger charge is 2.34. The van der Waals surface area contributed by atoms with Crippen LogP contribution in [-0.2, 0) is 20.7 Å². The van der Waals surface area contributed by atoms with Crippen molar-refractivity contribution in [2.24, 2.45) is 0 Å². The third kappa shape index (κ3) is 3.50. The van der Waals surface area contributed by atoms with Crippen LogP contribution in [0.3, 0.4) is 0 Å². The molecule has 3 atom stereocenters. The molecule has 1 aliphatic carbocycles. The fraction of sp³-hybridized carbons (Fsp3) is 0.750. The van der Waals surface area contributed by atoms with Crippen molar-refractivity contribution in [3.05, 3.63) is 17.0 Å². The molecular formula is C16H24N2O4. The zero-order valence-electron chi connectivity index (χ0n) is 13.3. The molecule has 122 valence electrons. The first kappa shape index (κ1) is 15.5. The minimum absolute atomic E-state index is 0.0835. The molecule has 0 radical (unpaired) electrons. The Kier molecular flexibility index (Phi) is 4.78. The second kappa shape index (κ2) is 6.79. The number of hydrogen-bond acceptors (Lipinski definition) is 5. The molecule has 2 aliphatic rings. The lowest BCUT2D eigenvalue weighted by molar-refractivity contribution is -0.158. The molecule has 2 fully saturated rings. The molecule has 1 aliphatic heterocycles. The normalized spacial score (nSPS) is 28.2. The van der Waals surface area contributed by atoms with E-state index in [9.17, 15) is 4.79 Å². The molecule has 0 bridgehead atoms. The predicted molar refractivity (Wildman–Crippen MR) is 79.6 cm³/mol. The Morgan fingerprint density at radius 1 is 1.23 bits per heavy atom. The van der Waals surface area contributed by atoms with Crippen LogP contribution in [0.2, 0.25) is 0 Å². The Bertz CT molecular complexity index is 509. The van der Waals surface area contributed by atoms with Gasteiger partial charge in [0.15, 0.2) is 0 Å². The number of aryl methyl sites for hydroxylation is 2. The van der Waals surface area contributed by atoms with Gasteiger partial charge in [0.05, 0.1) is 31.1 Å². The molecule has 1 N–H and O–H groups in total. The number of amides is 1. The number of aromatic nitrogens is 1. The number of ether oxygens (including phenoxy) is 2. The third-order valence-electron chi connectivity index (χ3n) is 4.63. The van der Waals surface area contributed by atoms with Gasteiger partial charge >= 0.3 is 0 Å². The van der Waals surface area contributed by atoms with Gasteiger partial charge in [-0.05, 0) is 39.5 Å². The summed E-state index contributed by atoms with van der Waals surface area (Å²) in [6, 6.07) is 0.195. The highest BCUT2D eigenvalue weighted by molar-refractivity contribution is 5.76. The summed E-state index contributed by atoms with van der Waals surface area (Å²) in [4.78, 5) is 12.2. The molecule has 0 aromatic carbocycles. The van der Waals surface area contributed by atoms with Crippen LogP contribution >= 0.6 is 0 Å². The number of carbonyl (C=O) groups excluding carboxylic acids is 1. The van der Waals surface area contributed by atoms with Gasteiger partial charge in [-0.2, -0.15) is 0 Å². The summed E-state index contributed by atoms with van der Waals surface area (Å²) >= 11 is 0. The van der Waals surface area contributed by atoms with E-state index in [1.54, 1.807) is 0 Å². The van der Waals surface area contributed by atoms with Crippen molar-refractivity contribution in [2.45, 2.75) is 64.2 Å². The van der Waals surface area contributed by atoms with Crippen molar-refractivity contribution in [1.82, 2.24) is 10.5 Å². The fourth-order valence-electron chi connectivity index (χ4n) is 3.39. The quantitative estimate of drug-likeness (QED) is 0.916. The standard InChI is InChI=1S/C16H24N2O4/c1-10-13(11(2)22-18-10)4-6-16(19)17-12-3-5-14-15(9-12)21-8-7-20-14/h12,14-15H,3-9H2,1-2H3,(H,17,19)/t12-,14+,15-/m1/s1. The maximum atomic E-state index is 12.2. The Labute approximate surface area is 130 Å². The number of fused-ring (bicyclic) bond motifs is 1. The van der Waals surface area contributed by atoms with Gasteiger partial charge in [0.2, 0.25) is 5.91 Å². The number of hydrogen-bond donors (Lipinski definition) is 1. The molecule has 1 aromatic heterocycles. The molecule has 1 saturated carbocycles. The summed E-state index contributed by atoms with van der Waals surface area (Å²) in [6.45, 7) is 5.14. The molecule has 3 rings (SSSR count). The van der Waals surface area contributed by atoms with Crippen molar-refractivity contribution in [2.75, 3.05) is 13.2 Å². The molecular weight excluding hydrogens is 284 g/mol. The van der Waals surface area contributed by atoms with Gasteiger partial charge < -0.3 is 19.3 Å². The monoisotopic (exact) mass is 308 g/mol. The summed E-state index contributed by atoms with van der Waals surface area (Å²) in [6.07, 6.45) is 4.25. The van der Waals surface area contributed by atoms with Crippen molar-refractivity contribution < 1.29 is 18.8 Å². The number of nitrogens with zero attached hydrogens (tertiary/aromatic N) is 1. The second-order valence-electron chi connectivity index (χ2n) is 6.20. The number of rotatable bonds is 4. The Hall–Kier alpha value is -1.40. The van der Waals surface area contributed by atoms with Crippen LogP contribution in [0, 0.1) is 13.8 Å². The highest BCUT2D eigenvalue weighted by atomic mass is 16.6. The summed E-state index contributed by atoms with van der Waals surface area (Å²) in [5, 5.41) is 7.05. The van der Waals surface area contributed by atoms with Gasteiger partial charge in [-0.25, -0.2) is 0 Å². The summed E-state index contributed by atoms with van der Waals surface area (Å²) in [5.41, 5.74) is 1.92. The molecule has 0 spiro atoms. The number of nitrogens with one attached hydrogen (secondary N) is 1. The van der Waals surface area contributed by atoms with Crippen LogP contribution in [0.5, 0.6) is 0 Å². The molecule has 22 heavy (non-hydrogen) atoms. The topological polar surface area (TPSA) is 73.6 Å². The zero-order valence-corrected chi connectivity index (χ0v) is 13.3. The maximum Gasteiger partial charge on any atom is 0.220 e. The predicted octanol–water partition coefficient (Wildman–Crippen LogP) is 1.68. The van der Waals surface area contributed by atoms with E-state index in [1.807, 2.05) is 13.8 Å². The van der Waals surface area contributed by atoms with Crippen LogP contribution in [0.4, 0.5) is 0 Å². The molecule has 1 amide bonds. The summed E-state index contributed by atoms with van der Waals surface area (Å²) < 4.78 is 16.6. The fourth-order valence-corrected chi connectivity index (χ4v) is 3.39. The van der Waals surface area contributed by atoms with E-state index in [0.717, 1.165) is 36.3 Å². The van der Waals surface area contributed by atoms with E-state index < -0.39 is 0 Å². The largest absolute Gasteiger partial charge is 0.373 e. The Balaban J connectivity index is 1.46. The van der Waals surface area contributed by atoms with Gasteiger partial charge in [0, 0.05) is 18.0 Å². The highest BCUT2D eigenvalue weighted by Crippen LogP contribution is 2.26. The molecule has 6 nitrogen and oxygen atoms in total. The van der Waals surface area contributed by atoms with Gasteiger partial charge in [-0.3, -0.25) is 4.79 Å². The van der Waals surface area contributed by atoms with E-state index >= 15 is 0 Å². The van der Waals surface area contributed by atoms with E-state index in [4.69, 9.17) is 14.0 Å². The van der Waals surface area contributed by atoms with Crippen LogP contribution < -0.4 is 5.32 Å². The molecule has 6 heteroatoms. The minimum Gasteiger partial charge on any atom is -0.373 e. The van der Waals surface area contributed by atoms with Crippen molar-refractivity contribution in [1.29, 1.82) is 0 Å². The van der Waals surface area contributed by atoms with Crippen LogP contribution in [0.15, 0.2) is 4.52 Å². The SMILES string of the molecule is Cc1noc(C)c1CCC(=O)N[C@@H]1CC[C@@H]2OCCO[C@@H]2C1. The zero-order chi connectivity index (χ0) is 15.5. The lowest BCUT2D eigenvalue weighted by Crippen LogP contribution is -2.49. The lowest BCUT2D eigenvalue weighted by atomic mass is 9.89. The summed E-state index contributed by atoms with van der Waals surface area (Å²) in [5.74, 6) is 0.888. The first-order valence-electron chi connectivity index (χ1n) is 8.08. The summed E-state index contributed by atoms with van der Waals surface area (Å²) in [7, 11) is 0. The number of carbonyl (C=O) groups is 1. The second-order valence-corrected chi connectivity index (χ2v) is 6.20. The molecule has 0 unspecified atom stereocenters. The van der Waals surface area contributed by atoms with E-state index in [0.29, 0.717) is 26.1 Å². The van der Waals surface area contributed by atoms with Gasteiger partial charge in [0.1, 0.15) is 5.76 Å². The van der Waals surface area contributed by atoms with E-state index in [1.165, 1.54) is 0 Å². The first-order valence-corrected chi connectivity index (χ1v) is 8.08. The average Bonchev–Trinajstić information content (AvgIpc) is 2.84. The van der Waals surface area contributed by atoms with Crippen LogP contribution in [-0.4, -0.2) is 42.5 Å². The van der Waals surface area contributed by atoms with Crippen molar-refractivity contribution in [3.63, 3.8) is 0 Å². The molecule has 1 saturated heterocycles. The van der Waals surface area contributed by atoms with Gasteiger partial charge in [-0.15, -0.1) is 0 Å². The Morgan fingerprint density at radius 3 is 2.73 bits per heavy atom. The minimum atomic E-state index is 0.0835. The van der Waals surface area contributed by atoms with E-state index in [2.05, 4.69) is 10.5 Å². The molecule has 2 heterocycles. The van der Waals surface area contributed by atoms with Crippen molar-refractivity contribution >= 4 is 5.91 Å². The first-order chi connectivity index (χ1) is 10.6. The third-order valence-corrected chi connectivity index (χ3v) is 4.63. The lowest BCUT2D eigenvalue weighted by Gasteiger charge is -2.39. The van der Waals surface area contributed by atoms with Crippen LogP contribution in [0.1, 0.15) is 42.7 Å². The average molecular weight is 308 g/mol. The maximum absolute atomic E-state index is 12.2. The van der Waals surface area contributed by atoms with Crippen molar-refractivity contribution in [3.8, 4) is 0 Å². The smallest absolute Gasteiger partial charge is 0.220 e. The molecule has 1 aromatic rings. The van der Waals surface area contributed by atoms with Gasteiger partial charge in [0.25, 0.3) is 0 Å². The Morgan fingerprint density at radius 2 is 2.00 bits per heavy atom.